The van der Waals surface area contributed by atoms with Gasteiger partial charge < -0.3 is 14.2 Å². The molecular weight excluding hydrogens is 320 g/mol. The Bertz CT molecular complexity index is 463. The molecule has 1 atom stereocenters. The maximum atomic E-state index is 6.24. The van der Waals surface area contributed by atoms with E-state index in [2.05, 4.69) is 35.0 Å². The molecule has 4 heteroatoms. The highest BCUT2D eigenvalue weighted by Gasteiger charge is 2.39. The molecule has 1 aromatic rings. The Morgan fingerprint density at radius 1 is 1.25 bits per heavy atom. The number of ether oxygens (including phenoxy) is 3. The first-order chi connectivity index (χ1) is 9.67. The van der Waals surface area contributed by atoms with E-state index in [1.807, 2.05) is 6.07 Å². The molecule has 1 unspecified atom stereocenters. The van der Waals surface area contributed by atoms with Gasteiger partial charge in [0.2, 0.25) is 0 Å². The Morgan fingerprint density at radius 3 is 2.85 bits per heavy atom. The average Bonchev–Trinajstić information content (AvgIpc) is 2.44. The van der Waals surface area contributed by atoms with E-state index in [1.165, 1.54) is 5.56 Å². The molecule has 0 bridgehead atoms. The van der Waals surface area contributed by atoms with E-state index in [4.69, 9.17) is 14.2 Å². The Hall–Kier alpha value is -0.580. The normalized spacial score (nSPS) is 25.6. The molecule has 3 nitrogen and oxygen atoms in total. The fourth-order valence-electron chi connectivity index (χ4n) is 3.06. The summed E-state index contributed by atoms with van der Waals surface area (Å²) in [4.78, 5) is 0. The number of aryl methyl sites for hydroxylation is 1. The van der Waals surface area contributed by atoms with Crippen LogP contribution in [-0.4, -0.2) is 31.5 Å². The van der Waals surface area contributed by atoms with Gasteiger partial charge in [0.25, 0.3) is 0 Å². The summed E-state index contributed by atoms with van der Waals surface area (Å²) in [7, 11) is 0. The van der Waals surface area contributed by atoms with Crippen molar-refractivity contribution in [2.75, 3.05) is 19.8 Å². The third-order valence-corrected chi connectivity index (χ3v) is 4.79. The van der Waals surface area contributed by atoms with Crippen molar-refractivity contribution < 1.29 is 14.2 Å². The first-order valence-corrected chi connectivity index (χ1v) is 8.11. The fourth-order valence-corrected chi connectivity index (χ4v) is 3.40. The second-order valence-electron chi connectivity index (χ2n) is 5.79. The molecule has 1 spiro atoms. The molecule has 0 aromatic heterocycles. The molecule has 0 saturated carbocycles. The van der Waals surface area contributed by atoms with E-state index in [1.54, 1.807) is 0 Å². The second-order valence-corrected chi connectivity index (χ2v) is 6.70. The highest BCUT2D eigenvalue weighted by Crippen LogP contribution is 2.36. The molecule has 0 N–H and O–H groups in total. The van der Waals surface area contributed by atoms with Crippen LogP contribution in [0.15, 0.2) is 22.7 Å². The SMILES string of the molecule is Cc1ccc(Br)cc1OC1CCOC2(CCOCC2)C1. The maximum Gasteiger partial charge on any atom is 0.123 e. The molecule has 2 aliphatic rings. The zero-order chi connectivity index (χ0) is 14.0. The average molecular weight is 341 g/mol. The zero-order valence-corrected chi connectivity index (χ0v) is 13.4. The fraction of sp³-hybridized carbons (Fsp3) is 0.625. The van der Waals surface area contributed by atoms with Gasteiger partial charge in [0.1, 0.15) is 11.9 Å². The lowest BCUT2D eigenvalue weighted by Gasteiger charge is -2.43. The van der Waals surface area contributed by atoms with Gasteiger partial charge in [0.15, 0.2) is 0 Å². The van der Waals surface area contributed by atoms with Gasteiger partial charge >= 0.3 is 0 Å². The van der Waals surface area contributed by atoms with Crippen LogP contribution in [0.5, 0.6) is 5.75 Å². The Kier molecular flexibility index (Phi) is 4.34. The van der Waals surface area contributed by atoms with Crippen LogP contribution in [0.4, 0.5) is 0 Å². The molecule has 1 aromatic carbocycles. The zero-order valence-electron chi connectivity index (χ0n) is 11.9. The lowest BCUT2D eigenvalue weighted by atomic mass is 9.85. The third-order valence-electron chi connectivity index (χ3n) is 4.30. The summed E-state index contributed by atoms with van der Waals surface area (Å²) in [5, 5.41) is 0. The summed E-state index contributed by atoms with van der Waals surface area (Å²) in [6.07, 6.45) is 4.17. The minimum absolute atomic E-state index is 0.0128. The molecule has 20 heavy (non-hydrogen) atoms. The first-order valence-electron chi connectivity index (χ1n) is 7.31. The Labute approximate surface area is 128 Å². The number of hydrogen-bond acceptors (Lipinski definition) is 3. The topological polar surface area (TPSA) is 27.7 Å². The highest BCUT2D eigenvalue weighted by atomic mass is 79.9. The van der Waals surface area contributed by atoms with Crippen molar-refractivity contribution in [1.29, 1.82) is 0 Å². The van der Waals surface area contributed by atoms with E-state index in [0.29, 0.717) is 0 Å². The van der Waals surface area contributed by atoms with Gasteiger partial charge in [0, 0.05) is 30.5 Å². The predicted octanol–water partition coefficient (Wildman–Crippen LogP) is 3.86. The maximum absolute atomic E-state index is 6.24. The van der Waals surface area contributed by atoms with Crippen LogP contribution in [0, 0.1) is 6.92 Å². The van der Waals surface area contributed by atoms with Crippen molar-refractivity contribution in [2.24, 2.45) is 0 Å². The molecule has 0 amide bonds. The van der Waals surface area contributed by atoms with Crippen LogP contribution in [0.3, 0.4) is 0 Å². The minimum atomic E-state index is -0.0128. The summed E-state index contributed by atoms with van der Waals surface area (Å²) >= 11 is 3.51. The van der Waals surface area contributed by atoms with Crippen LogP contribution >= 0.6 is 15.9 Å². The van der Waals surface area contributed by atoms with Crippen molar-refractivity contribution in [3.8, 4) is 5.75 Å². The van der Waals surface area contributed by atoms with Crippen LogP contribution < -0.4 is 4.74 Å². The molecule has 2 fully saturated rings. The summed E-state index contributed by atoms with van der Waals surface area (Å²) in [6.45, 7) is 4.49. The molecule has 2 saturated heterocycles. The van der Waals surface area contributed by atoms with Gasteiger partial charge in [-0.25, -0.2) is 0 Å². The van der Waals surface area contributed by atoms with E-state index in [0.717, 1.165) is 55.7 Å². The number of hydrogen-bond donors (Lipinski definition) is 0. The Balaban J connectivity index is 1.69. The standard InChI is InChI=1S/C16H21BrO3/c1-12-2-3-13(17)10-15(12)20-14-4-7-19-16(11-14)5-8-18-9-6-16/h2-3,10,14H,4-9,11H2,1H3. The summed E-state index contributed by atoms with van der Waals surface area (Å²) in [5.41, 5.74) is 1.17. The van der Waals surface area contributed by atoms with Crippen molar-refractivity contribution >= 4 is 15.9 Å². The van der Waals surface area contributed by atoms with Gasteiger partial charge in [-0.2, -0.15) is 0 Å². The van der Waals surface area contributed by atoms with Gasteiger partial charge in [-0.05, 0) is 37.5 Å². The summed E-state index contributed by atoms with van der Waals surface area (Å²) < 4.78 is 18.8. The first kappa shape index (κ1) is 14.4. The van der Waals surface area contributed by atoms with Crippen molar-refractivity contribution in [1.82, 2.24) is 0 Å². The number of benzene rings is 1. The molecule has 0 aliphatic carbocycles. The van der Waals surface area contributed by atoms with Gasteiger partial charge in [-0.3, -0.25) is 0 Å². The largest absolute Gasteiger partial charge is 0.490 e. The van der Waals surface area contributed by atoms with Crippen LogP contribution in [-0.2, 0) is 9.47 Å². The third kappa shape index (κ3) is 3.18. The van der Waals surface area contributed by atoms with Gasteiger partial charge in [-0.1, -0.05) is 22.0 Å². The molecule has 0 radical (unpaired) electrons. The van der Waals surface area contributed by atoms with Crippen LogP contribution in [0.2, 0.25) is 0 Å². The highest BCUT2D eigenvalue weighted by molar-refractivity contribution is 9.10. The van der Waals surface area contributed by atoms with Crippen molar-refractivity contribution in [2.45, 2.75) is 44.3 Å². The number of halogens is 1. The smallest absolute Gasteiger partial charge is 0.123 e. The van der Waals surface area contributed by atoms with Crippen molar-refractivity contribution in [3.05, 3.63) is 28.2 Å². The lowest BCUT2D eigenvalue weighted by molar-refractivity contribution is -0.155. The minimum Gasteiger partial charge on any atom is -0.490 e. The summed E-state index contributed by atoms with van der Waals surface area (Å²) in [6, 6.07) is 6.19. The van der Waals surface area contributed by atoms with E-state index in [-0.39, 0.29) is 11.7 Å². The Morgan fingerprint density at radius 2 is 2.05 bits per heavy atom. The van der Waals surface area contributed by atoms with E-state index < -0.39 is 0 Å². The summed E-state index contributed by atoms with van der Waals surface area (Å²) in [5.74, 6) is 0.980. The second kappa shape index (κ2) is 6.04. The lowest BCUT2D eigenvalue weighted by Crippen LogP contribution is -2.47. The van der Waals surface area contributed by atoms with Crippen molar-refractivity contribution in [3.63, 3.8) is 0 Å². The van der Waals surface area contributed by atoms with Crippen LogP contribution in [0.1, 0.15) is 31.2 Å². The quantitative estimate of drug-likeness (QED) is 0.817. The van der Waals surface area contributed by atoms with Gasteiger partial charge in [0.05, 0.1) is 12.2 Å². The molecular formula is C16H21BrO3. The monoisotopic (exact) mass is 340 g/mol. The van der Waals surface area contributed by atoms with Crippen LogP contribution in [0.25, 0.3) is 0 Å². The molecule has 3 rings (SSSR count). The number of rotatable bonds is 2. The van der Waals surface area contributed by atoms with Gasteiger partial charge in [-0.15, -0.1) is 0 Å². The van der Waals surface area contributed by atoms with E-state index in [9.17, 15) is 0 Å². The predicted molar refractivity (Wildman–Crippen MR) is 81.3 cm³/mol. The van der Waals surface area contributed by atoms with E-state index >= 15 is 0 Å². The molecule has 2 aliphatic heterocycles. The molecule has 2 heterocycles. The molecule has 110 valence electrons.